The van der Waals surface area contributed by atoms with Gasteiger partial charge >= 0.3 is 5.97 Å². The number of carboxylic acid groups (broad SMARTS) is 1. The number of rotatable bonds is 5. The normalized spacial score (nSPS) is 12.2. The Hall–Kier alpha value is -1.84. The number of hydrogen-bond donors (Lipinski definition) is 2. The van der Waals surface area contributed by atoms with Crippen LogP contribution in [0.3, 0.4) is 0 Å². The molecule has 4 heteroatoms. The quantitative estimate of drug-likeness (QED) is 0.842. The molecule has 1 aromatic carbocycles. The van der Waals surface area contributed by atoms with Gasteiger partial charge in [-0.2, -0.15) is 0 Å². The predicted molar refractivity (Wildman–Crippen MR) is 69.7 cm³/mol. The van der Waals surface area contributed by atoms with E-state index >= 15 is 0 Å². The number of benzene rings is 1. The molecule has 98 valence electrons. The maximum atomic E-state index is 11.8. The molecule has 0 unspecified atom stereocenters. The van der Waals surface area contributed by atoms with Crippen LogP contribution in [0, 0.1) is 0 Å². The van der Waals surface area contributed by atoms with Gasteiger partial charge in [0, 0.05) is 5.56 Å². The van der Waals surface area contributed by atoms with Crippen molar-refractivity contribution in [2.45, 2.75) is 39.2 Å². The second-order valence-electron chi connectivity index (χ2n) is 4.55. The summed E-state index contributed by atoms with van der Waals surface area (Å²) in [6.45, 7) is 5.88. The summed E-state index contributed by atoms with van der Waals surface area (Å²) in [6.07, 6.45) is 0.366. The molecule has 18 heavy (non-hydrogen) atoms. The van der Waals surface area contributed by atoms with Crippen molar-refractivity contribution in [1.29, 1.82) is 0 Å². The first-order chi connectivity index (χ1) is 8.45. The molecule has 1 aromatic rings. The van der Waals surface area contributed by atoms with Crippen molar-refractivity contribution in [2.75, 3.05) is 0 Å². The molecule has 0 radical (unpaired) electrons. The minimum atomic E-state index is -1.01. The van der Waals surface area contributed by atoms with Crippen LogP contribution < -0.4 is 5.32 Å². The van der Waals surface area contributed by atoms with E-state index in [1.54, 1.807) is 19.1 Å². The van der Waals surface area contributed by atoms with Crippen LogP contribution in [0.25, 0.3) is 0 Å². The predicted octanol–water partition coefficient (Wildman–Crippen LogP) is 2.40. The van der Waals surface area contributed by atoms with E-state index in [4.69, 9.17) is 5.11 Å². The highest BCUT2D eigenvalue weighted by atomic mass is 16.4. The van der Waals surface area contributed by atoms with E-state index in [1.165, 1.54) is 0 Å². The summed E-state index contributed by atoms with van der Waals surface area (Å²) >= 11 is 0. The lowest BCUT2D eigenvalue weighted by Gasteiger charge is -2.12. The van der Waals surface area contributed by atoms with E-state index in [0.717, 1.165) is 5.56 Å². The van der Waals surface area contributed by atoms with Crippen molar-refractivity contribution >= 4 is 11.9 Å². The van der Waals surface area contributed by atoms with Gasteiger partial charge in [0.25, 0.3) is 5.91 Å². The Morgan fingerprint density at radius 1 is 1.22 bits per heavy atom. The largest absolute Gasteiger partial charge is 0.480 e. The number of amides is 1. The second-order valence-corrected chi connectivity index (χ2v) is 4.55. The molecule has 4 nitrogen and oxygen atoms in total. The first-order valence-electron chi connectivity index (χ1n) is 6.09. The van der Waals surface area contributed by atoms with Crippen molar-refractivity contribution in [3.63, 3.8) is 0 Å². The van der Waals surface area contributed by atoms with Crippen molar-refractivity contribution in [3.05, 3.63) is 35.4 Å². The highest BCUT2D eigenvalue weighted by Gasteiger charge is 2.18. The van der Waals surface area contributed by atoms with Crippen LogP contribution in [0.2, 0.25) is 0 Å². The van der Waals surface area contributed by atoms with Crippen LogP contribution in [0.4, 0.5) is 0 Å². The Balaban J connectivity index is 2.75. The molecule has 0 saturated carbocycles. The van der Waals surface area contributed by atoms with Gasteiger partial charge in [-0.25, -0.2) is 4.79 Å². The third kappa shape index (κ3) is 3.58. The van der Waals surface area contributed by atoms with Crippen LogP contribution in [-0.2, 0) is 4.79 Å². The molecule has 0 heterocycles. The summed E-state index contributed by atoms with van der Waals surface area (Å²) < 4.78 is 0. The van der Waals surface area contributed by atoms with Gasteiger partial charge in [-0.3, -0.25) is 4.79 Å². The molecule has 0 spiro atoms. The van der Waals surface area contributed by atoms with Crippen LogP contribution in [0.1, 0.15) is 49.0 Å². The summed E-state index contributed by atoms with van der Waals surface area (Å²) in [4.78, 5) is 22.7. The zero-order valence-corrected chi connectivity index (χ0v) is 10.9. The van der Waals surface area contributed by atoms with Gasteiger partial charge in [-0.15, -0.1) is 0 Å². The molecule has 1 rings (SSSR count). The molecule has 0 bridgehead atoms. The fourth-order valence-corrected chi connectivity index (χ4v) is 1.60. The third-order valence-electron chi connectivity index (χ3n) is 2.85. The average molecular weight is 249 g/mol. The molecule has 1 amide bonds. The van der Waals surface area contributed by atoms with E-state index in [1.807, 2.05) is 12.1 Å². The van der Waals surface area contributed by atoms with Gasteiger partial charge in [-0.1, -0.05) is 32.9 Å². The smallest absolute Gasteiger partial charge is 0.326 e. The zero-order valence-electron chi connectivity index (χ0n) is 10.9. The average Bonchev–Trinajstić information content (AvgIpc) is 2.35. The van der Waals surface area contributed by atoms with E-state index in [-0.39, 0.29) is 5.91 Å². The van der Waals surface area contributed by atoms with Gasteiger partial charge in [0.15, 0.2) is 0 Å². The molecular formula is C14H19NO3. The van der Waals surface area contributed by atoms with Crippen LogP contribution in [0.15, 0.2) is 24.3 Å². The van der Waals surface area contributed by atoms with Gasteiger partial charge in [0.05, 0.1) is 0 Å². The van der Waals surface area contributed by atoms with Crippen LogP contribution in [-0.4, -0.2) is 23.0 Å². The number of carbonyl (C=O) groups is 2. The lowest BCUT2D eigenvalue weighted by Crippen LogP contribution is -2.40. The number of hydrogen-bond acceptors (Lipinski definition) is 2. The van der Waals surface area contributed by atoms with Crippen molar-refractivity contribution < 1.29 is 14.7 Å². The van der Waals surface area contributed by atoms with Crippen molar-refractivity contribution in [1.82, 2.24) is 5.32 Å². The van der Waals surface area contributed by atoms with Gasteiger partial charge < -0.3 is 10.4 Å². The lowest BCUT2D eigenvalue weighted by molar-refractivity contribution is -0.139. The summed E-state index contributed by atoms with van der Waals surface area (Å²) in [7, 11) is 0. The number of carboxylic acids is 1. The molecular weight excluding hydrogens is 230 g/mol. The first kappa shape index (κ1) is 14.2. The molecule has 0 fully saturated rings. The fraction of sp³-hybridized carbons (Fsp3) is 0.429. The number of nitrogens with one attached hydrogen (secondary N) is 1. The maximum Gasteiger partial charge on any atom is 0.326 e. The Labute approximate surface area is 107 Å². The topological polar surface area (TPSA) is 66.4 Å². The Bertz CT molecular complexity index is 423. The van der Waals surface area contributed by atoms with Crippen molar-refractivity contribution in [2.24, 2.45) is 0 Å². The Kier molecular flexibility index (Phi) is 4.89. The summed E-state index contributed by atoms with van der Waals surface area (Å²) in [5, 5.41) is 11.4. The SMILES string of the molecule is CC[C@@H](NC(=O)c1ccc(C(C)C)cc1)C(=O)O. The molecule has 0 aromatic heterocycles. The minimum absolute atomic E-state index is 0.348. The second kappa shape index (κ2) is 6.19. The molecule has 0 aliphatic carbocycles. The maximum absolute atomic E-state index is 11.8. The van der Waals surface area contributed by atoms with E-state index in [0.29, 0.717) is 17.9 Å². The summed E-state index contributed by atoms with van der Waals surface area (Å²) in [6, 6.07) is 6.39. The first-order valence-corrected chi connectivity index (χ1v) is 6.09. The van der Waals surface area contributed by atoms with Gasteiger partial charge in [0.2, 0.25) is 0 Å². The number of aliphatic carboxylic acids is 1. The molecule has 0 aliphatic rings. The fourth-order valence-electron chi connectivity index (χ4n) is 1.60. The Morgan fingerprint density at radius 2 is 1.78 bits per heavy atom. The highest BCUT2D eigenvalue weighted by Crippen LogP contribution is 2.14. The summed E-state index contributed by atoms with van der Waals surface area (Å²) in [5.41, 5.74) is 1.64. The van der Waals surface area contributed by atoms with Crippen LogP contribution >= 0.6 is 0 Å². The van der Waals surface area contributed by atoms with E-state index in [9.17, 15) is 9.59 Å². The zero-order chi connectivity index (χ0) is 13.7. The number of carbonyl (C=O) groups excluding carboxylic acids is 1. The standard InChI is InChI=1S/C14H19NO3/c1-4-12(14(17)18)15-13(16)11-7-5-10(6-8-11)9(2)3/h5-9,12H,4H2,1-3H3,(H,15,16)(H,17,18)/t12-/m1/s1. The minimum Gasteiger partial charge on any atom is -0.480 e. The van der Waals surface area contributed by atoms with Crippen LogP contribution in [0.5, 0.6) is 0 Å². The molecule has 2 N–H and O–H groups in total. The monoisotopic (exact) mass is 249 g/mol. The molecule has 0 saturated heterocycles. The van der Waals surface area contributed by atoms with Crippen molar-refractivity contribution in [3.8, 4) is 0 Å². The molecule has 0 aliphatic heterocycles. The van der Waals surface area contributed by atoms with E-state index in [2.05, 4.69) is 19.2 Å². The summed E-state index contributed by atoms with van der Waals surface area (Å²) in [5.74, 6) is -0.950. The molecule has 1 atom stereocenters. The van der Waals surface area contributed by atoms with Gasteiger partial charge in [0.1, 0.15) is 6.04 Å². The Morgan fingerprint density at radius 3 is 2.17 bits per heavy atom. The third-order valence-corrected chi connectivity index (χ3v) is 2.85. The van der Waals surface area contributed by atoms with Gasteiger partial charge in [-0.05, 0) is 30.0 Å². The lowest BCUT2D eigenvalue weighted by atomic mass is 10.0. The van der Waals surface area contributed by atoms with E-state index < -0.39 is 12.0 Å². The highest BCUT2D eigenvalue weighted by molar-refractivity contribution is 5.96.